The number of carbonyl (C=O) groups excluding carboxylic acids is 1. The average molecular weight is 348 g/mol. The molecule has 0 spiro atoms. The number of benzene rings is 2. The van der Waals surface area contributed by atoms with Crippen LogP contribution in [0.4, 0.5) is 4.39 Å². The van der Waals surface area contributed by atoms with Crippen LogP contribution in [0, 0.1) is 5.82 Å². The molecule has 1 atom stereocenters. The zero-order valence-electron chi connectivity index (χ0n) is 14.6. The number of amides is 1. The minimum Gasteiger partial charge on any atom is -0.342 e. The molecule has 1 aliphatic rings. The Morgan fingerprint density at radius 3 is 2.69 bits per heavy atom. The summed E-state index contributed by atoms with van der Waals surface area (Å²) in [7, 11) is 0. The highest BCUT2D eigenvalue weighted by atomic mass is 19.1. The zero-order chi connectivity index (χ0) is 17.9. The van der Waals surface area contributed by atoms with Crippen molar-refractivity contribution < 1.29 is 9.18 Å². The smallest absolute Gasteiger partial charge is 0.227 e. The number of likely N-dealkylation sites (tertiary alicyclic amines) is 1. The first kappa shape index (κ1) is 16.7. The predicted octanol–water partition coefficient (Wildman–Crippen LogP) is 4.32. The molecular formula is C22H21FN2O. The largest absolute Gasteiger partial charge is 0.342 e. The van der Waals surface area contributed by atoms with Gasteiger partial charge in [-0.25, -0.2) is 4.39 Å². The Morgan fingerprint density at radius 1 is 1.12 bits per heavy atom. The third kappa shape index (κ3) is 3.59. The summed E-state index contributed by atoms with van der Waals surface area (Å²) >= 11 is 0. The van der Waals surface area contributed by atoms with Crippen molar-refractivity contribution in [2.24, 2.45) is 0 Å². The van der Waals surface area contributed by atoms with Gasteiger partial charge >= 0.3 is 0 Å². The third-order valence-corrected chi connectivity index (χ3v) is 5.11. The molecule has 26 heavy (non-hydrogen) atoms. The van der Waals surface area contributed by atoms with E-state index in [0.717, 1.165) is 36.0 Å². The van der Waals surface area contributed by atoms with Gasteiger partial charge in [0, 0.05) is 36.3 Å². The molecule has 0 N–H and O–H groups in total. The Kier molecular flexibility index (Phi) is 4.65. The molecule has 0 bridgehead atoms. The van der Waals surface area contributed by atoms with Crippen LogP contribution in [0.1, 0.15) is 30.0 Å². The van der Waals surface area contributed by atoms with Crippen LogP contribution in [-0.2, 0) is 11.2 Å². The minimum atomic E-state index is -0.276. The van der Waals surface area contributed by atoms with E-state index in [1.54, 1.807) is 12.1 Å². The van der Waals surface area contributed by atoms with Crippen LogP contribution in [0.2, 0.25) is 0 Å². The molecule has 1 amide bonds. The van der Waals surface area contributed by atoms with Gasteiger partial charge in [0.05, 0.1) is 6.42 Å². The molecule has 2 heterocycles. The summed E-state index contributed by atoms with van der Waals surface area (Å²) < 4.78 is 13.0. The lowest BCUT2D eigenvalue weighted by atomic mass is 9.93. The molecule has 0 saturated carbocycles. The minimum absolute atomic E-state index is 0.0992. The summed E-state index contributed by atoms with van der Waals surface area (Å²) in [5.74, 6) is 0.0919. The van der Waals surface area contributed by atoms with Gasteiger partial charge < -0.3 is 4.90 Å². The second-order valence-corrected chi connectivity index (χ2v) is 6.94. The van der Waals surface area contributed by atoms with Gasteiger partial charge in [-0.05, 0) is 42.0 Å². The molecule has 4 rings (SSSR count). The van der Waals surface area contributed by atoms with Crippen molar-refractivity contribution in [2.45, 2.75) is 25.2 Å². The van der Waals surface area contributed by atoms with Gasteiger partial charge in [-0.15, -0.1) is 0 Å². The Morgan fingerprint density at radius 2 is 1.88 bits per heavy atom. The molecule has 1 fully saturated rings. The Labute approximate surface area is 152 Å². The van der Waals surface area contributed by atoms with E-state index >= 15 is 0 Å². The Bertz CT molecular complexity index is 923. The van der Waals surface area contributed by atoms with Gasteiger partial charge in [-0.3, -0.25) is 9.78 Å². The topological polar surface area (TPSA) is 33.2 Å². The van der Waals surface area contributed by atoms with Crippen LogP contribution < -0.4 is 0 Å². The van der Waals surface area contributed by atoms with Crippen LogP contribution in [0.3, 0.4) is 0 Å². The summed E-state index contributed by atoms with van der Waals surface area (Å²) in [5, 5.41) is 2.32. The molecule has 3 nitrogen and oxygen atoms in total. The predicted molar refractivity (Wildman–Crippen MR) is 100 cm³/mol. The lowest BCUT2D eigenvalue weighted by Crippen LogP contribution is -2.40. The van der Waals surface area contributed by atoms with E-state index in [1.807, 2.05) is 23.2 Å². The van der Waals surface area contributed by atoms with Crippen LogP contribution in [0.5, 0.6) is 0 Å². The highest BCUT2D eigenvalue weighted by Gasteiger charge is 2.25. The van der Waals surface area contributed by atoms with E-state index in [4.69, 9.17) is 0 Å². The van der Waals surface area contributed by atoms with E-state index in [-0.39, 0.29) is 17.6 Å². The van der Waals surface area contributed by atoms with Crippen molar-refractivity contribution in [3.8, 4) is 0 Å². The Balaban J connectivity index is 1.47. The van der Waals surface area contributed by atoms with Crippen molar-refractivity contribution in [3.63, 3.8) is 0 Å². The van der Waals surface area contributed by atoms with Gasteiger partial charge in [0.15, 0.2) is 0 Å². The highest BCUT2D eigenvalue weighted by molar-refractivity contribution is 5.82. The maximum atomic E-state index is 13.0. The first-order valence-corrected chi connectivity index (χ1v) is 9.06. The second-order valence-electron chi connectivity index (χ2n) is 6.94. The number of piperidine rings is 1. The van der Waals surface area contributed by atoms with Crippen LogP contribution in [-0.4, -0.2) is 28.9 Å². The number of halogens is 1. The molecule has 132 valence electrons. The maximum absolute atomic E-state index is 13.0. The molecule has 4 heteroatoms. The summed E-state index contributed by atoms with van der Waals surface area (Å²) in [6.07, 6.45) is 4.27. The lowest BCUT2D eigenvalue weighted by molar-refractivity contribution is -0.131. The second kappa shape index (κ2) is 7.24. The summed E-state index contributed by atoms with van der Waals surface area (Å²) in [4.78, 5) is 19.2. The van der Waals surface area contributed by atoms with Crippen molar-refractivity contribution in [2.75, 3.05) is 13.1 Å². The quantitative estimate of drug-likeness (QED) is 0.706. The van der Waals surface area contributed by atoms with E-state index in [9.17, 15) is 9.18 Å². The third-order valence-electron chi connectivity index (χ3n) is 5.11. The van der Waals surface area contributed by atoms with Gasteiger partial charge in [0.25, 0.3) is 0 Å². The Hall–Kier alpha value is -2.75. The van der Waals surface area contributed by atoms with E-state index in [2.05, 4.69) is 23.2 Å². The van der Waals surface area contributed by atoms with Crippen LogP contribution >= 0.6 is 0 Å². The van der Waals surface area contributed by atoms with E-state index in [0.29, 0.717) is 13.0 Å². The number of hydrogen-bond acceptors (Lipinski definition) is 2. The molecule has 2 aromatic carbocycles. The molecule has 1 unspecified atom stereocenters. The number of fused-ring (bicyclic) bond motifs is 1. The molecule has 0 aliphatic carbocycles. The van der Waals surface area contributed by atoms with Crippen LogP contribution in [0.15, 0.2) is 60.8 Å². The monoisotopic (exact) mass is 348 g/mol. The van der Waals surface area contributed by atoms with Crippen molar-refractivity contribution >= 4 is 16.7 Å². The first-order valence-electron chi connectivity index (χ1n) is 9.06. The normalized spacial score (nSPS) is 17.4. The van der Waals surface area contributed by atoms with Crippen molar-refractivity contribution in [3.05, 3.63) is 77.9 Å². The summed E-state index contributed by atoms with van der Waals surface area (Å²) in [6.45, 7) is 1.48. The van der Waals surface area contributed by atoms with Gasteiger partial charge in [0.2, 0.25) is 5.91 Å². The van der Waals surface area contributed by atoms with Crippen molar-refractivity contribution in [1.82, 2.24) is 9.88 Å². The summed E-state index contributed by atoms with van der Waals surface area (Å²) in [5.41, 5.74) is 1.91. The average Bonchev–Trinajstić information content (AvgIpc) is 2.69. The van der Waals surface area contributed by atoms with Crippen LogP contribution in [0.25, 0.3) is 10.8 Å². The lowest BCUT2D eigenvalue weighted by Gasteiger charge is -2.32. The SMILES string of the molecule is O=C(Cc1ccc(F)cc1)N1CCCC(c2cc3ccccc3cn2)C1. The number of carbonyl (C=O) groups is 1. The first-order chi connectivity index (χ1) is 12.7. The molecule has 1 saturated heterocycles. The van der Waals surface area contributed by atoms with E-state index < -0.39 is 0 Å². The van der Waals surface area contributed by atoms with Gasteiger partial charge in [-0.2, -0.15) is 0 Å². The van der Waals surface area contributed by atoms with Gasteiger partial charge in [-0.1, -0.05) is 36.4 Å². The zero-order valence-corrected chi connectivity index (χ0v) is 14.6. The van der Waals surface area contributed by atoms with Gasteiger partial charge in [0.1, 0.15) is 5.82 Å². The summed E-state index contributed by atoms with van der Waals surface area (Å²) in [6, 6.07) is 16.5. The number of rotatable bonds is 3. The number of pyridine rings is 1. The highest BCUT2D eigenvalue weighted by Crippen LogP contribution is 2.28. The fraction of sp³-hybridized carbons (Fsp3) is 0.273. The number of nitrogens with zero attached hydrogens (tertiary/aromatic N) is 2. The fourth-order valence-electron chi connectivity index (χ4n) is 3.66. The molecule has 0 radical (unpaired) electrons. The van der Waals surface area contributed by atoms with Crippen molar-refractivity contribution in [1.29, 1.82) is 0 Å². The molecule has 1 aliphatic heterocycles. The number of hydrogen-bond donors (Lipinski definition) is 0. The maximum Gasteiger partial charge on any atom is 0.227 e. The standard InChI is InChI=1S/C22H21FN2O/c23-20-9-7-16(8-10-20)12-22(26)25-11-3-6-19(15-25)21-13-17-4-1-2-5-18(17)14-24-21/h1-2,4-5,7-10,13-14,19H,3,6,11-12,15H2. The number of aromatic nitrogens is 1. The van der Waals surface area contributed by atoms with E-state index in [1.165, 1.54) is 17.5 Å². The molecular weight excluding hydrogens is 327 g/mol. The fourth-order valence-corrected chi connectivity index (χ4v) is 3.66. The molecule has 3 aromatic rings. The molecule has 1 aromatic heterocycles.